The van der Waals surface area contributed by atoms with Gasteiger partial charge in [0.05, 0.1) is 18.6 Å². The molecule has 5 nitrogen and oxygen atoms in total. The third-order valence-corrected chi connectivity index (χ3v) is 4.16. The van der Waals surface area contributed by atoms with Crippen LogP contribution in [0.1, 0.15) is 30.5 Å². The predicted octanol–water partition coefficient (Wildman–Crippen LogP) is 1.86. The van der Waals surface area contributed by atoms with E-state index in [1.54, 1.807) is 12.1 Å². The second kappa shape index (κ2) is 5.23. The zero-order valence-corrected chi connectivity index (χ0v) is 12.2. The molecule has 0 spiro atoms. The molecule has 1 aliphatic heterocycles. The molecular weight excluding hydrogens is 313 g/mol. The molecule has 1 aliphatic carbocycles. The number of aliphatic hydroxyl groups excluding tert-OH is 1. The predicted molar refractivity (Wildman–Crippen MR) is 74.6 cm³/mol. The van der Waals surface area contributed by atoms with E-state index in [0.717, 1.165) is 11.1 Å². The number of nitrogens with zero attached hydrogens (tertiary/aromatic N) is 1. The summed E-state index contributed by atoms with van der Waals surface area (Å²) in [6.45, 7) is 1.25. The molecule has 0 bridgehead atoms. The smallest absolute Gasteiger partial charge is 0.390 e. The number of aliphatic hydroxyl groups is 1. The second-order valence-electron chi connectivity index (χ2n) is 5.96. The van der Waals surface area contributed by atoms with Crippen LogP contribution in [0, 0.1) is 0 Å². The van der Waals surface area contributed by atoms with Gasteiger partial charge in [-0.2, -0.15) is 13.2 Å². The topological polar surface area (TPSA) is 70.9 Å². The van der Waals surface area contributed by atoms with Crippen LogP contribution in [-0.4, -0.2) is 34.6 Å². The number of halogens is 3. The highest BCUT2D eigenvalue weighted by molar-refractivity contribution is 5.98. The maximum Gasteiger partial charge on any atom is 0.432 e. The first-order valence-electron chi connectivity index (χ1n) is 7.10. The van der Waals surface area contributed by atoms with Crippen molar-refractivity contribution in [2.45, 2.75) is 43.7 Å². The van der Waals surface area contributed by atoms with Gasteiger partial charge in [-0.25, -0.2) is 0 Å². The van der Waals surface area contributed by atoms with Gasteiger partial charge in [0.25, 0.3) is 5.91 Å². The monoisotopic (exact) mass is 328 g/mol. The molecular formula is C15H15F3N2O3. The van der Waals surface area contributed by atoms with E-state index in [1.807, 2.05) is 12.1 Å². The third-order valence-electron chi connectivity index (χ3n) is 4.16. The molecule has 0 saturated carbocycles. The number of hydrogen-bond donors (Lipinski definition) is 2. The lowest BCUT2D eigenvalue weighted by atomic mass is 9.97. The number of alkyl halides is 3. The Bertz CT molecular complexity index is 674. The van der Waals surface area contributed by atoms with Crippen LogP contribution in [0.2, 0.25) is 0 Å². The van der Waals surface area contributed by atoms with Gasteiger partial charge in [-0.3, -0.25) is 4.79 Å². The van der Waals surface area contributed by atoms with E-state index in [9.17, 15) is 23.1 Å². The van der Waals surface area contributed by atoms with Crippen LogP contribution in [0.5, 0.6) is 0 Å². The van der Waals surface area contributed by atoms with E-state index < -0.39 is 42.0 Å². The molecule has 124 valence electrons. The van der Waals surface area contributed by atoms with Gasteiger partial charge in [-0.15, -0.1) is 0 Å². The summed E-state index contributed by atoms with van der Waals surface area (Å²) in [5.41, 5.74) is -1.20. The van der Waals surface area contributed by atoms with E-state index in [2.05, 4.69) is 10.5 Å². The molecule has 1 aromatic rings. The van der Waals surface area contributed by atoms with Crippen LogP contribution < -0.4 is 5.32 Å². The number of oxime groups is 1. The van der Waals surface area contributed by atoms with Crippen molar-refractivity contribution in [3.05, 3.63) is 35.4 Å². The van der Waals surface area contributed by atoms with Crippen molar-refractivity contribution in [2.24, 2.45) is 5.16 Å². The number of amides is 1. The molecule has 2 N–H and O–H groups in total. The summed E-state index contributed by atoms with van der Waals surface area (Å²) in [5, 5.41) is 15.7. The maximum absolute atomic E-state index is 12.6. The minimum absolute atomic E-state index is 0.378. The lowest BCUT2D eigenvalue weighted by molar-refractivity contribution is -0.143. The Hall–Kier alpha value is -2.09. The molecule has 23 heavy (non-hydrogen) atoms. The highest BCUT2D eigenvalue weighted by Crippen LogP contribution is 2.35. The molecule has 8 heteroatoms. The van der Waals surface area contributed by atoms with Crippen LogP contribution in [0.15, 0.2) is 29.4 Å². The van der Waals surface area contributed by atoms with E-state index >= 15 is 0 Å². The van der Waals surface area contributed by atoms with Crippen molar-refractivity contribution in [1.82, 2.24) is 5.32 Å². The van der Waals surface area contributed by atoms with Gasteiger partial charge in [-0.05, 0) is 18.1 Å². The third kappa shape index (κ3) is 2.78. The zero-order chi connectivity index (χ0) is 16.8. The number of fused-ring (bicyclic) bond motifs is 1. The number of benzene rings is 1. The van der Waals surface area contributed by atoms with Gasteiger partial charge in [-0.1, -0.05) is 29.4 Å². The number of nitrogens with one attached hydrogen (secondary N) is 1. The van der Waals surface area contributed by atoms with Gasteiger partial charge in [0.2, 0.25) is 5.60 Å². The van der Waals surface area contributed by atoms with E-state index in [4.69, 9.17) is 4.84 Å². The molecule has 0 fully saturated rings. The molecule has 1 amide bonds. The SMILES string of the molecule is CC1(C(=O)N[C@@H]2c3ccccc3C[C@@H]2O)CC(C(F)(F)F)=NO1. The second-order valence-corrected chi connectivity index (χ2v) is 5.96. The first kappa shape index (κ1) is 15.8. The van der Waals surface area contributed by atoms with Gasteiger partial charge < -0.3 is 15.3 Å². The van der Waals surface area contributed by atoms with Crippen molar-refractivity contribution >= 4 is 11.6 Å². The summed E-state index contributed by atoms with van der Waals surface area (Å²) in [7, 11) is 0. The highest BCUT2D eigenvalue weighted by Gasteiger charge is 2.51. The van der Waals surface area contributed by atoms with Crippen molar-refractivity contribution in [3.8, 4) is 0 Å². The van der Waals surface area contributed by atoms with Crippen molar-refractivity contribution in [3.63, 3.8) is 0 Å². The molecule has 1 unspecified atom stereocenters. The van der Waals surface area contributed by atoms with E-state index in [-0.39, 0.29) is 0 Å². The summed E-state index contributed by atoms with van der Waals surface area (Å²) in [6.07, 6.45) is -5.74. The summed E-state index contributed by atoms with van der Waals surface area (Å²) in [5.74, 6) is -0.735. The quantitative estimate of drug-likeness (QED) is 0.870. The Kier molecular flexibility index (Phi) is 3.59. The van der Waals surface area contributed by atoms with Gasteiger partial charge in [0.15, 0.2) is 5.71 Å². The molecule has 3 rings (SSSR count). The van der Waals surface area contributed by atoms with Crippen molar-refractivity contribution in [2.75, 3.05) is 0 Å². The van der Waals surface area contributed by atoms with Crippen LogP contribution in [-0.2, 0) is 16.1 Å². The van der Waals surface area contributed by atoms with Crippen LogP contribution >= 0.6 is 0 Å². The molecule has 1 aromatic carbocycles. The Labute approximate surface area is 130 Å². The number of rotatable bonds is 2. The standard InChI is InChI=1S/C15H15F3N2O3/c1-14(7-11(20-23-14)15(16,17)18)13(22)19-12-9-5-3-2-4-8(9)6-10(12)21/h2-5,10,12,21H,6-7H2,1H3,(H,19,22)/t10-,12+,14?/m0/s1. The summed E-state index contributed by atoms with van der Waals surface area (Å²) < 4.78 is 37.9. The average Bonchev–Trinajstić information content (AvgIpc) is 3.01. The van der Waals surface area contributed by atoms with Gasteiger partial charge >= 0.3 is 6.18 Å². The summed E-state index contributed by atoms with van der Waals surface area (Å²) >= 11 is 0. The Morgan fingerprint density at radius 2 is 2.13 bits per heavy atom. The number of carbonyl (C=O) groups is 1. The Morgan fingerprint density at radius 1 is 1.43 bits per heavy atom. The molecule has 0 saturated heterocycles. The maximum atomic E-state index is 12.6. The largest absolute Gasteiger partial charge is 0.432 e. The minimum Gasteiger partial charge on any atom is -0.390 e. The number of carbonyl (C=O) groups excluding carboxylic acids is 1. The molecule has 2 aliphatic rings. The lowest BCUT2D eigenvalue weighted by Crippen LogP contribution is -2.48. The van der Waals surface area contributed by atoms with Gasteiger partial charge in [0.1, 0.15) is 0 Å². The lowest BCUT2D eigenvalue weighted by Gasteiger charge is -2.25. The first-order chi connectivity index (χ1) is 10.7. The summed E-state index contributed by atoms with van der Waals surface area (Å²) in [6, 6.07) is 6.53. The van der Waals surface area contributed by atoms with E-state index in [0.29, 0.717) is 6.42 Å². The fraction of sp³-hybridized carbons (Fsp3) is 0.467. The van der Waals surface area contributed by atoms with E-state index in [1.165, 1.54) is 6.92 Å². The average molecular weight is 328 g/mol. The Morgan fingerprint density at radius 3 is 2.78 bits per heavy atom. The molecule has 0 aromatic heterocycles. The zero-order valence-electron chi connectivity index (χ0n) is 12.2. The fourth-order valence-corrected chi connectivity index (χ4v) is 2.86. The summed E-state index contributed by atoms with van der Waals surface area (Å²) in [4.78, 5) is 17.1. The normalized spacial score (nSPS) is 29.7. The van der Waals surface area contributed by atoms with Crippen molar-refractivity contribution in [1.29, 1.82) is 0 Å². The minimum atomic E-state index is -4.63. The van der Waals surface area contributed by atoms with Crippen LogP contribution in [0.25, 0.3) is 0 Å². The molecule has 3 atom stereocenters. The van der Waals surface area contributed by atoms with Crippen LogP contribution in [0.3, 0.4) is 0 Å². The Balaban J connectivity index is 1.74. The van der Waals surface area contributed by atoms with Crippen molar-refractivity contribution < 1.29 is 27.9 Å². The van der Waals surface area contributed by atoms with Gasteiger partial charge in [0, 0.05) is 6.42 Å². The van der Waals surface area contributed by atoms with Crippen LogP contribution in [0.4, 0.5) is 13.2 Å². The molecule has 0 radical (unpaired) electrons. The first-order valence-corrected chi connectivity index (χ1v) is 7.10. The number of hydrogen-bond acceptors (Lipinski definition) is 4. The highest BCUT2D eigenvalue weighted by atomic mass is 19.4. The molecule has 1 heterocycles. The fourth-order valence-electron chi connectivity index (χ4n) is 2.86.